The van der Waals surface area contributed by atoms with Crippen molar-refractivity contribution in [2.75, 3.05) is 112 Å². The molecule has 5 aliphatic heterocycles. The van der Waals surface area contributed by atoms with E-state index >= 15 is 0 Å². The van der Waals surface area contributed by atoms with Gasteiger partial charge in [-0.1, -0.05) is 6.92 Å². The van der Waals surface area contributed by atoms with Gasteiger partial charge in [0.1, 0.15) is 61.0 Å². The van der Waals surface area contributed by atoms with E-state index in [9.17, 15) is 104 Å². The number of amides is 3. The molecular formula is C79H131N14O26P5S2. The molecule has 0 bridgehead atoms. The van der Waals surface area contributed by atoms with Crippen molar-refractivity contribution >= 4 is 108 Å². The normalized spacial score (nSPS) is 26.6. The molecule has 5 saturated heterocycles. The van der Waals surface area contributed by atoms with E-state index < -0.39 is 196 Å². The molecule has 0 aliphatic carbocycles. The number of H-pyrrole nitrogens is 5. The average Bonchev–Trinajstić information content (AvgIpc) is 1.64. The Balaban J connectivity index is 0.000000243. The minimum atomic E-state index is -1.33. The first-order chi connectivity index (χ1) is 58.2. The number of hydrogen-bond acceptors (Lipinski definition) is 29. The summed E-state index contributed by atoms with van der Waals surface area (Å²) in [6, 6.07) is 0. The highest BCUT2D eigenvalue weighted by Crippen LogP contribution is 2.44. The molecule has 10 rings (SSSR count). The zero-order valence-corrected chi connectivity index (χ0v) is 80.4. The van der Waals surface area contributed by atoms with Gasteiger partial charge in [0.15, 0.2) is 40.7 Å². The number of aromatic nitrogens is 10. The molecule has 0 aromatic carbocycles. The number of nitrogens with one attached hydrogen (secondary N) is 8. The number of aliphatic hydroxyl groups is 10. The Hall–Kier alpha value is -6.49. The number of rotatable bonds is 29. The Morgan fingerprint density at radius 3 is 0.849 bits per heavy atom. The van der Waals surface area contributed by atoms with E-state index in [-0.39, 0.29) is 75.7 Å². The summed E-state index contributed by atoms with van der Waals surface area (Å²) in [7, 11) is 3.21. The number of aliphatic hydroxyl groups excluding tert-OH is 10. The quantitative estimate of drug-likeness (QED) is 0.0192. The molecule has 0 saturated carbocycles. The van der Waals surface area contributed by atoms with Gasteiger partial charge in [0, 0.05) is 89.6 Å². The number of carbonyl (C=O) groups is 3. The Morgan fingerprint density at radius 1 is 0.381 bits per heavy atom. The average molecular weight is 1910 g/mol. The maximum Gasteiger partial charge on any atom is 0.330 e. The summed E-state index contributed by atoms with van der Waals surface area (Å²) in [5, 5.41) is 111. The molecule has 3 amide bonds. The van der Waals surface area contributed by atoms with Crippen molar-refractivity contribution in [2.24, 2.45) is 0 Å². The molecule has 20 atom stereocenters. The lowest BCUT2D eigenvalue weighted by atomic mass is 10.1. The Labute approximate surface area is 740 Å². The van der Waals surface area contributed by atoms with Crippen molar-refractivity contribution in [1.29, 1.82) is 0 Å². The number of nitrogens with zero attached hydrogens (tertiary/aromatic N) is 6. The maximum atomic E-state index is 12.2. The van der Waals surface area contributed by atoms with Crippen molar-refractivity contribution in [1.82, 2.24) is 68.6 Å². The van der Waals surface area contributed by atoms with E-state index in [1.54, 1.807) is 13.2 Å². The Bertz CT molecular complexity index is 5380. The van der Waals surface area contributed by atoms with Gasteiger partial charge in [-0.05, 0) is 167 Å². The van der Waals surface area contributed by atoms with Crippen LogP contribution in [0.15, 0.2) is 69.3 Å². The second-order valence-corrected chi connectivity index (χ2v) is 58.0. The van der Waals surface area contributed by atoms with Crippen LogP contribution < -0.4 is 60.8 Å². The standard InChI is InChI=1S/C17H28N3O6P.C16H26N3O6P.C16H26N3O5PS.C15H26N3O5P.C15H25N2O4PS/c1-10(21)19(2)8-11-9-20(17(25)18-15(11)24)16-14(23)13(22)12(26-16)6-7-27(3,4)5;1-9(20)17-7-10-8-19(16(24)18-14(10)23)15-13(22)12(21)11(25-15)5-6-26(2,3)4;1-9(20)17-7-10-8-19(16(26)18-14(10)23)15-13(22)12(21)11(24-15)5-6-25(2,3)4;1-16-7-9-8-18(15(22)17-13(9)21)14-12(20)11(19)10(23-14)5-6-24(2,3)4;1-5-9-8-17(15(23)16-13(9)20)14-12(19)11(18)10(21-14)6-7-22(2,3)4/h9,12-14,16,22-23H,3,6-8H2,1-2,4-5H3,(H,18,24,25);8,11-13,15,21-22H,2,5-7H2,1,3-4H3,(H,17,20)(H,18,23,24);8,11-13,15,21-22H,2,5-7H2,1,3-4H3,(H,17,20)(H,18,23,26);8,10-12,14,16,19-20H,2,5-7H2,1,3-4H3,(H,17,21,22);8,10-12,14,18-19H,2,5-7H2,1,3-4H3,(H,16,20,23)/t12-,13-,14-,16-;2*11-,12-,13-,15-;2*10-,11-,12-,14-/m11111/s1. The molecular weight excluding hydrogens is 1780 g/mol. The lowest BCUT2D eigenvalue weighted by Crippen LogP contribution is -2.39. The highest BCUT2D eigenvalue weighted by atomic mass is 32.1. The van der Waals surface area contributed by atoms with Gasteiger partial charge in [-0.2, -0.15) is 0 Å². The third-order valence-corrected chi connectivity index (χ3v) is 29.1. The maximum absolute atomic E-state index is 12.2. The van der Waals surface area contributed by atoms with Crippen LogP contribution in [0.1, 0.15) is 119 Å². The van der Waals surface area contributed by atoms with Crippen LogP contribution in [0.2, 0.25) is 0 Å². The molecule has 0 unspecified atom stereocenters. The van der Waals surface area contributed by atoms with Crippen LogP contribution in [-0.2, 0) is 70.7 Å². The fourth-order valence-electron chi connectivity index (χ4n) is 13.7. The summed E-state index contributed by atoms with van der Waals surface area (Å²) < 4.78 is 35.3. The highest BCUT2D eigenvalue weighted by molar-refractivity contribution is 7.73. The zero-order chi connectivity index (χ0) is 95.2. The molecule has 5 aromatic heterocycles. The lowest BCUT2D eigenvalue weighted by molar-refractivity contribution is -0.128. The van der Waals surface area contributed by atoms with Crippen LogP contribution in [0.4, 0.5) is 0 Å². The molecule has 47 heteroatoms. The molecule has 0 radical (unpaired) electrons. The van der Waals surface area contributed by atoms with Crippen molar-refractivity contribution in [3.8, 4) is 0 Å². The van der Waals surface area contributed by atoms with E-state index in [0.29, 0.717) is 49.7 Å². The van der Waals surface area contributed by atoms with Crippen molar-refractivity contribution in [2.45, 2.75) is 215 Å². The predicted molar refractivity (Wildman–Crippen MR) is 502 cm³/mol. The topological polar surface area (TPSA) is 579 Å². The summed E-state index contributed by atoms with van der Waals surface area (Å²) >= 11 is 10.3. The molecule has 10 heterocycles. The second-order valence-electron chi connectivity index (χ2n) is 35.7. The van der Waals surface area contributed by atoms with Crippen LogP contribution in [0.25, 0.3) is 0 Å². The first-order valence-corrected chi connectivity index (χ1v) is 56.8. The Kier molecular flexibility index (Phi) is 39.6. The number of ether oxygens (including phenoxy) is 5. The number of aryl methyl sites for hydroxylation is 1. The van der Waals surface area contributed by atoms with Crippen LogP contribution in [0.3, 0.4) is 0 Å². The van der Waals surface area contributed by atoms with E-state index in [1.165, 1.54) is 66.6 Å². The van der Waals surface area contributed by atoms with Crippen molar-refractivity contribution in [3.63, 3.8) is 0 Å². The van der Waals surface area contributed by atoms with Gasteiger partial charge in [0.2, 0.25) is 17.7 Å². The van der Waals surface area contributed by atoms with Crippen LogP contribution >= 0.6 is 58.9 Å². The van der Waals surface area contributed by atoms with Crippen LogP contribution in [0.5, 0.6) is 0 Å². The van der Waals surface area contributed by atoms with E-state index in [0.717, 1.165) is 44.5 Å². The molecule has 710 valence electrons. The van der Waals surface area contributed by atoms with E-state index in [1.807, 2.05) is 6.92 Å². The van der Waals surface area contributed by atoms with Gasteiger partial charge in [0.25, 0.3) is 27.8 Å². The number of aromatic amines is 5. The zero-order valence-electron chi connectivity index (χ0n) is 74.3. The van der Waals surface area contributed by atoms with Crippen LogP contribution in [0, 0.1) is 9.54 Å². The van der Waals surface area contributed by atoms with Gasteiger partial charge in [-0.15, -0.1) is 65.9 Å². The number of carbonyl (C=O) groups excluding carboxylic acids is 3. The van der Waals surface area contributed by atoms with Gasteiger partial charge < -0.3 is 95.6 Å². The minimum absolute atomic E-state index is 0.0000817. The third-order valence-electron chi connectivity index (χ3n) is 21.1. The lowest BCUT2D eigenvalue weighted by Gasteiger charge is -2.20. The monoisotopic (exact) mass is 1910 g/mol. The van der Waals surface area contributed by atoms with Crippen molar-refractivity contribution < 1.29 is 89.1 Å². The van der Waals surface area contributed by atoms with E-state index in [4.69, 9.17) is 48.1 Å². The van der Waals surface area contributed by atoms with Gasteiger partial charge >= 0.3 is 17.1 Å². The van der Waals surface area contributed by atoms with E-state index in [2.05, 4.69) is 139 Å². The minimum Gasteiger partial charge on any atom is -0.388 e. The fraction of sp³-hybridized carbons (Fsp3) is 0.646. The highest BCUT2D eigenvalue weighted by Gasteiger charge is 2.49. The SMILES string of the molecule is C=P(C)(C)CC[C@H]1O[C@@H](n2cc(CC)c(=O)[nH]c2=S)[C@H](O)[C@@H]1O.C=P(C)(C)CC[C@H]1O[C@@H](n2cc(CN(C)C(C)=O)c(=O)[nH]c2=O)[C@H](O)[C@@H]1O.C=P(C)(C)CC[C@H]1O[C@@H](n2cc(CNC(C)=O)c(=O)[nH]c2=O)[C@H](O)[C@@H]1O.C=P(C)(C)CC[C@H]1O[C@@H](n2cc(CNC(C)=O)c(=O)[nH]c2=S)[C@H](O)[C@@H]1O.C=P(C)(C)CC[C@H]1O[C@@H](n2cc(CNC)c(=O)[nH]c2=O)[C@H](O)[C@@H]1O. The molecule has 5 fully saturated rings. The van der Waals surface area contributed by atoms with Gasteiger partial charge in [0.05, 0.1) is 53.8 Å². The molecule has 126 heavy (non-hydrogen) atoms. The summed E-state index contributed by atoms with van der Waals surface area (Å²) in [6.45, 7) is 20.5. The molecule has 40 nitrogen and oxygen atoms in total. The first kappa shape index (κ1) is 108. The summed E-state index contributed by atoms with van der Waals surface area (Å²) in [6.07, 6.45) is 15.5. The summed E-state index contributed by atoms with van der Waals surface area (Å²) in [4.78, 5) is 142. The smallest absolute Gasteiger partial charge is 0.330 e. The fourth-order valence-corrected chi connectivity index (χ4v) is 19.0. The first-order valence-electron chi connectivity index (χ1n) is 40.7. The molecule has 0 spiro atoms. The molecule has 5 aromatic rings. The predicted octanol–water partition coefficient (Wildman–Crippen LogP) is -1.45. The van der Waals surface area contributed by atoms with Gasteiger partial charge in [-0.3, -0.25) is 86.1 Å². The summed E-state index contributed by atoms with van der Waals surface area (Å²) in [5.74, 6) is -0.835. The largest absolute Gasteiger partial charge is 0.388 e. The molecule has 5 aliphatic rings. The second kappa shape index (κ2) is 46.1. The van der Waals surface area contributed by atoms with Crippen molar-refractivity contribution in [3.05, 3.63) is 152 Å². The summed E-state index contributed by atoms with van der Waals surface area (Å²) in [5.41, 5.74) is -3.11. The molecule has 18 N–H and O–H groups in total. The number of hydrogen-bond donors (Lipinski definition) is 18. The Morgan fingerprint density at radius 2 is 0.603 bits per heavy atom. The third kappa shape index (κ3) is 31.1. The van der Waals surface area contributed by atoms with Crippen LogP contribution in [-0.4, -0.2) is 356 Å². The van der Waals surface area contributed by atoms with Gasteiger partial charge in [-0.25, -0.2) is 14.4 Å².